The van der Waals surface area contributed by atoms with Crippen LogP contribution in [0.4, 0.5) is 28.8 Å². The van der Waals surface area contributed by atoms with Crippen molar-refractivity contribution < 1.29 is 19.5 Å². The molecule has 1 aliphatic heterocycles. The minimum absolute atomic E-state index is 0.0371. The number of carbonyl (C=O) groups excluding carboxylic acids is 2. The van der Waals surface area contributed by atoms with Crippen molar-refractivity contribution in [3.05, 3.63) is 59.2 Å². The van der Waals surface area contributed by atoms with Gasteiger partial charge in [0.05, 0.1) is 30.2 Å². The maximum absolute atomic E-state index is 12.3. The summed E-state index contributed by atoms with van der Waals surface area (Å²) in [4.78, 5) is 37.3. The lowest BCUT2D eigenvalue weighted by Crippen LogP contribution is -2.41. The molecule has 1 fully saturated rings. The number of ether oxygens (including phenoxy) is 1. The molecule has 2 aromatic carbocycles. The van der Waals surface area contributed by atoms with Crippen LogP contribution in [0.15, 0.2) is 48.7 Å². The summed E-state index contributed by atoms with van der Waals surface area (Å²) in [5.41, 5.74) is 3.42. The number of methoxy groups -OCH3 is 1. The van der Waals surface area contributed by atoms with Crippen molar-refractivity contribution in [3.8, 4) is 5.75 Å². The zero-order chi connectivity index (χ0) is 27.2. The predicted molar refractivity (Wildman–Crippen MR) is 146 cm³/mol. The molecule has 1 aliphatic rings. The van der Waals surface area contributed by atoms with E-state index in [0.717, 1.165) is 31.6 Å². The monoisotopic (exact) mass is 539 g/mol. The summed E-state index contributed by atoms with van der Waals surface area (Å²) < 4.78 is 5.64. The van der Waals surface area contributed by atoms with E-state index >= 15 is 0 Å². The van der Waals surface area contributed by atoms with Gasteiger partial charge < -0.3 is 25.2 Å². The molecule has 3 aromatic rings. The molecular weight excluding hydrogens is 510 g/mol. The topological polar surface area (TPSA) is 132 Å². The van der Waals surface area contributed by atoms with Gasteiger partial charge in [-0.2, -0.15) is 4.98 Å². The quantitative estimate of drug-likeness (QED) is 0.137. The van der Waals surface area contributed by atoms with E-state index in [1.54, 1.807) is 25.3 Å². The lowest BCUT2D eigenvalue weighted by molar-refractivity contribution is -0.124. The fraction of sp³-hybridized carbons (Fsp3) is 0.308. The number of piperidine rings is 1. The summed E-state index contributed by atoms with van der Waals surface area (Å²) >= 11 is 6.31. The summed E-state index contributed by atoms with van der Waals surface area (Å²) in [6.07, 6.45) is 3.62. The highest BCUT2D eigenvalue weighted by Crippen LogP contribution is 2.34. The van der Waals surface area contributed by atoms with Crippen LogP contribution in [0, 0.1) is 0 Å². The summed E-state index contributed by atoms with van der Waals surface area (Å²) in [6.45, 7) is 1.94. The van der Waals surface area contributed by atoms with Gasteiger partial charge in [-0.1, -0.05) is 23.7 Å². The molecule has 38 heavy (non-hydrogen) atoms. The van der Waals surface area contributed by atoms with Crippen LogP contribution in [-0.2, 0) is 4.79 Å². The third-order valence-electron chi connectivity index (χ3n) is 6.47. The van der Waals surface area contributed by atoms with Crippen molar-refractivity contribution in [2.24, 2.45) is 0 Å². The first kappa shape index (κ1) is 27.1. The Morgan fingerprint density at radius 2 is 1.84 bits per heavy atom. The molecule has 0 saturated carbocycles. The van der Waals surface area contributed by atoms with E-state index in [2.05, 4.69) is 44.5 Å². The zero-order valence-corrected chi connectivity index (χ0v) is 22.1. The van der Waals surface area contributed by atoms with Crippen LogP contribution >= 0.6 is 11.6 Å². The molecule has 0 atom stereocenters. The van der Waals surface area contributed by atoms with E-state index < -0.39 is 11.7 Å². The highest BCUT2D eigenvalue weighted by atomic mass is 35.5. The molecule has 12 heteroatoms. The molecule has 1 amide bonds. The smallest absolute Gasteiger partial charge is 0.315 e. The molecule has 1 aromatic heterocycles. The summed E-state index contributed by atoms with van der Waals surface area (Å²) in [6, 6.07) is 12.8. The van der Waals surface area contributed by atoms with E-state index in [1.807, 2.05) is 18.2 Å². The second-order valence-electron chi connectivity index (χ2n) is 9.02. The van der Waals surface area contributed by atoms with Gasteiger partial charge in [0, 0.05) is 30.9 Å². The van der Waals surface area contributed by atoms with Gasteiger partial charge in [0.15, 0.2) is 5.82 Å². The predicted octanol–water partition coefficient (Wildman–Crippen LogP) is 3.84. The number of anilines is 5. The van der Waals surface area contributed by atoms with E-state index in [9.17, 15) is 9.59 Å². The molecule has 2 heterocycles. The minimum Gasteiger partial charge on any atom is -0.494 e. The molecule has 200 valence electrons. The van der Waals surface area contributed by atoms with Crippen LogP contribution in [0.1, 0.15) is 23.2 Å². The number of aromatic nitrogens is 2. The van der Waals surface area contributed by atoms with E-state index in [0.29, 0.717) is 17.5 Å². The summed E-state index contributed by atoms with van der Waals surface area (Å²) in [7, 11) is 5.85. The molecule has 11 nitrogen and oxygen atoms in total. The van der Waals surface area contributed by atoms with Crippen LogP contribution in [0.25, 0.3) is 0 Å². The van der Waals surface area contributed by atoms with Gasteiger partial charge in [-0.15, -0.1) is 0 Å². The first-order valence-electron chi connectivity index (χ1n) is 12.0. The number of amides is 1. The number of nitrogens with zero attached hydrogens (tertiary/aromatic N) is 4. The molecule has 0 radical (unpaired) electrons. The maximum atomic E-state index is 12.3. The standard InChI is InChI=1S/C26H30ClN7O4/c1-33(2)16-10-12-34(13-11-16)17-8-9-21(22(14-17)38-3)30-26-28-15-19(27)24(31-26)29-20-7-5-4-6-18(20)23(35)25(36)32-37/h4-9,14-16,37H,10-13H2,1-3H3,(H,32,36)(H2,28,29,30,31). The first-order chi connectivity index (χ1) is 18.3. The van der Waals surface area contributed by atoms with Crippen LogP contribution < -0.4 is 25.8 Å². The second-order valence-corrected chi connectivity index (χ2v) is 9.43. The number of hydrogen-bond acceptors (Lipinski definition) is 10. The van der Waals surface area contributed by atoms with Crippen LogP contribution in [-0.4, -0.2) is 72.1 Å². The minimum atomic E-state index is -1.16. The van der Waals surface area contributed by atoms with Crippen molar-refractivity contribution in [1.29, 1.82) is 0 Å². The normalized spacial score (nSPS) is 13.8. The van der Waals surface area contributed by atoms with Gasteiger partial charge >= 0.3 is 5.91 Å². The fourth-order valence-electron chi connectivity index (χ4n) is 4.35. The number of ketones is 1. The fourth-order valence-corrected chi connectivity index (χ4v) is 4.48. The van der Waals surface area contributed by atoms with E-state index in [-0.39, 0.29) is 28.0 Å². The van der Waals surface area contributed by atoms with E-state index in [1.165, 1.54) is 17.7 Å². The van der Waals surface area contributed by atoms with Gasteiger partial charge in [-0.25, -0.2) is 10.5 Å². The van der Waals surface area contributed by atoms with Crippen LogP contribution in [0.3, 0.4) is 0 Å². The molecule has 4 N–H and O–H groups in total. The van der Waals surface area contributed by atoms with Gasteiger partial charge in [-0.05, 0) is 51.2 Å². The third-order valence-corrected chi connectivity index (χ3v) is 6.74. The SMILES string of the molecule is COc1cc(N2CCC(N(C)C)CC2)ccc1Nc1ncc(Cl)c(Nc2ccccc2C(=O)C(=O)NO)n1. The highest BCUT2D eigenvalue weighted by Gasteiger charge is 2.22. The molecular formula is C26H30ClN7O4. The number of rotatable bonds is 9. The molecule has 4 rings (SSSR count). The van der Waals surface area contributed by atoms with Crippen molar-refractivity contribution >= 4 is 52.1 Å². The maximum Gasteiger partial charge on any atom is 0.315 e. The Labute approximate surface area is 225 Å². The number of carbonyl (C=O) groups is 2. The van der Waals surface area contributed by atoms with Gasteiger partial charge in [-0.3, -0.25) is 14.8 Å². The van der Waals surface area contributed by atoms with Gasteiger partial charge in [0.2, 0.25) is 5.95 Å². The van der Waals surface area contributed by atoms with Gasteiger partial charge in [0.25, 0.3) is 5.78 Å². The summed E-state index contributed by atoms with van der Waals surface area (Å²) in [5, 5.41) is 15.2. The number of Topliss-reactive ketones (excluding diaryl/α,β-unsaturated/α-hetero) is 1. The number of hydrogen-bond donors (Lipinski definition) is 4. The highest BCUT2D eigenvalue weighted by molar-refractivity contribution is 6.43. The average molecular weight is 540 g/mol. The first-order valence-corrected chi connectivity index (χ1v) is 12.4. The molecule has 1 saturated heterocycles. The van der Waals surface area contributed by atoms with Crippen LogP contribution in [0.5, 0.6) is 5.75 Å². The Hall–Kier alpha value is -3.93. The second kappa shape index (κ2) is 12.1. The Morgan fingerprint density at radius 1 is 1.11 bits per heavy atom. The number of nitrogens with one attached hydrogen (secondary N) is 3. The molecule has 0 unspecified atom stereocenters. The lowest BCUT2D eigenvalue weighted by atomic mass is 10.0. The molecule has 0 spiro atoms. The molecule has 0 bridgehead atoms. The average Bonchev–Trinajstić information content (AvgIpc) is 2.94. The van der Waals surface area contributed by atoms with Crippen LogP contribution in [0.2, 0.25) is 5.02 Å². The lowest BCUT2D eigenvalue weighted by Gasteiger charge is -2.36. The Kier molecular flexibility index (Phi) is 8.62. The Bertz CT molecular complexity index is 1310. The number of benzene rings is 2. The summed E-state index contributed by atoms with van der Waals surface area (Å²) in [5.74, 6) is -0.987. The Balaban J connectivity index is 1.53. The zero-order valence-electron chi connectivity index (χ0n) is 21.4. The van der Waals surface area contributed by atoms with E-state index in [4.69, 9.17) is 21.5 Å². The largest absolute Gasteiger partial charge is 0.494 e. The Morgan fingerprint density at radius 3 is 2.53 bits per heavy atom. The third kappa shape index (κ3) is 6.13. The van der Waals surface area contributed by atoms with Crippen molar-refractivity contribution in [3.63, 3.8) is 0 Å². The van der Waals surface area contributed by atoms with Crippen molar-refractivity contribution in [2.45, 2.75) is 18.9 Å². The number of halogens is 1. The number of para-hydroxylation sites is 1. The van der Waals surface area contributed by atoms with Crippen molar-refractivity contribution in [1.82, 2.24) is 20.3 Å². The van der Waals surface area contributed by atoms with Crippen molar-refractivity contribution in [2.75, 3.05) is 49.8 Å². The molecule has 0 aliphatic carbocycles. The van der Waals surface area contributed by atoms with Gasteiger partial charge in [0.1, 0.15) is 10.8 Å². The number of hydroxylamine groups is 1.